The largest absolute Gasteiger partial charge is 0.311 e. The summed E-state index contributed by atoms with van der Waals surface area (Å²) in [5.41, 5.74) is 1.38. The van der Waals surface area contributed by atoms with E-state index in [1.807, 2.05) is 6.20 Å². The van der Waals surface area contributed by atoms with E-state index in [-0.39, 0.29) is 0 Å². The second-order valence-electron chi connectivity index (χ2n) is 6.32. The molecule has 1 N–H and O–H groups in total. The summed E-state index contributed by atoms with van der Waals surface area (Å²) in [5.74, 6) is 1.76. The second-order valence-corrected chi connectivity index (χ2v) is 6.32. The standard InChI is InChI=1S/C17H31N3/c1-4-6-14-7-9-15(10-8-14)17(18-3)16-11-12-19-20(16)13-5-2/h11-12,14-15,17-18H,4-10,13H2,1-3H3. The van der Waals surface area contributed by atoms with Crippen LogP contribution in [0.25, 0.3) is 0 Å². The topological polar surface area (TPSA) is 29.9 Å². The Morgan fingerprint density at radius 2 is 2.00 bits per heavy atom. The van der Waals surface area contributed by atoms with Gasteiger partial charge in [0.25, 0.3) is 0 Å². The van der Waals surface area contributed by atoms with E-state index < -0.39 is 0 Å². The van der Waals surface area contributed by atoms with E-state index in [2.05, 4.69) is 42.1 Å². The molecule has 0 aliphatic heterocycles. The third kappa shape index (κ3) is 3.63. The molecule has 1 atom stereocenters. The molecule has 0 radical (unpaired) electrons. The van der Waals surface area contributed by atoms with Crippen molar-refractivity contribution in [3.8, 4) is 0 Å². The van der Waals surface area contributed by atoms with Gasteiger partial charge < -0.3 is 5.32 Å². The summed E-state index contributed by atoms with van der Waals surface area (Å²) in [5, 5.41) is 8.05. The molecule has 0 spiro atoms. The van der Waals surface area contributed by atoms with Crippen LogP contribution in [0.15, 0.2) is 12.3 Å². The minimum atomic E-state index is 0.478. The summed E-state index contributed by atoms with van der Waals surface area (Å²) in [7, 11) is 2.10. The quantitative estimate of drug-likeness (QED) is 0.811. The molecule has 1 aliphatic rings. The lowest BCUT2D eigenvalue weighted by Crippen LogP contribution is -2.30. The van der Waals surface area contributed by atoms with E-state index in [1.165, 1.54) is 44.2 Å². The Hall–Kier alpha value is -0.830. The van der Waals surface area contributed by atoms with Crippen LogP contribution in [0.5, 0.6) is 0 Å². The fraction of sp³-hybridized carbons (Fsp3) is 0.824. The molecular formula is C17H31N3. The molecule has 1 saturated carbocycles. The van der Waals surface area contributed by atoms with Gasteiger partial charge in [-0.05, 0) is 44.2 Å². The highest BCUT2D eigenvalue weighted by atomic mass is 15.3. The van der Waals surface area contributed by atoms with Gasteiger partial charge in [0.15, 0.2) is 0 Å². The van der Waals surface area contributed by atoms with Gasteiger partial charge in [-0.15, -0.1) is 0 Å². The Morgan fingerprint density at radius 1 is 1.25 bits per heavy atom. The third-order valence-electron chi connectivity index (χ3n) is 4.87. The highest BCUT2D eigenvalue weighted by Crippen LogP contribution is 2.38. The van der Waals surface area contributed by atoms with Gasteiger partial charge in [-0.3, -0.25) is 4.68 Å². The Kier molecular flexibility index (Phi) is 6.08. The van der Waals surface area contributed by atoms with Crippen molar-refractivity contribution in [3.05, 3.63) is 18.0 Å². The number of hydrogen-bond acceptors (Lipinski definition) is 2. The average molecular weight is 277 g/mol. The van der Waals surface area contributed by atoms with Gasteiger partial charge in [0.2, 0.25) is 0 Å². The predicted molar refractivity (Wildman–Crippen MR) is 84.7 cm³/mol. The number of hydrogen-bond donors (Lipinski definition) is 1. The van der Waals surface area contributed by atoms with Crippen LogP contribution in [0, 0.1) is 11.8 Å². The summed E-state index contributed by atoms with van der Waals surface area (Å²) >= 11 is 0. The Balaban J connectivity index is 2.00. The Bertz CT molecular complexity index is 377. The molecule has 1 heterocycles. The number of nitrogens with one attached hydrogen (secondary N) is 1. The highest BCUT2D eigenvalue weighted by Gasteiger charge is 2.29. The minimum Gasteiger partial charge on any atom is -0.311 e. The van der Waals surface area contributed by atoms with Crippen LogP contribution >= 0.6 is 0 Å². The lowest BCUT2D eigenvalue weighted by molar-refractivity contribution is 0.214. The van der Waals surface area contributed by atoms with Crippen molar-refractivity contribution in [1.82, 2.24) is 15.1 Å². The third-order valence-corrected chi connectivity index (χ3v) is 4.87. The molecule has 20 heavy (non-hydrogen) atoms. The molecule has 3 heteroatoms. The summed E-state index contributed by atoms with van der Waals surface area (Å²) in [6.45, 7) is 5.56. The van der Waals surface area contributed by atoms with Crippen molar-refractivity contribution < 1.29 is 0 Å². The van der Waals surface area contributed by atoms with Gasteiger partial charge in [0, 0.05) is 12.7 Å². The average Bonchev–Trinajstić information content (AvgIpc) is 2.91. The normalized spacial score (nSPS) is 24.8. The molecule has 1 fully saturated rings. The van der Waals surface area contributed by atoms with E-state index in [4.69, 9.17) is 0 Å². The maximum absolute atomic E-state index is 4.49. The van der Waals surface area contributed by atoms with Gasteiger partial charge in [-0.1, -0.05) is 39.5 Å². The van der Waals surface area contributed by atoms with Crippen LogP contribution in [0.3, 0.4) is 0 Å². The van der Waals surface area contributed by atoms with Crippen LogP contribution in [-0.2, 0) is 6.54 Å². The van der Waals surface area contributed by atoms with Gasteiger partial charge >= 0.3 is 0 Å². The van der Waals surface area contributed by atoms with E-state index in [9.17, 15) is 0 Å². The van der Waals surface area contributed by atoms with Crippen LogP contribution in [0.4, 0.5) is 0 Å². The lowest BCUT2D eigenvalue weighted by Gasteiger charge is -2.34. The van der Waals surface area contributed by atoms with Gasteiger partial charge in [-0.2, -0.15) is 5.10 Å². The Labute approximate surface area is 124 Å². The van der Waals surface area contributed by atoms with Crippen molar-refractivity contribution >= 4 is 0 Å². The highest BCUT2D eigenvalue weighted by molar-refractivity contribution is 5.09. The summed E-state index contributed by atoms with van der Waals surface area (Å²) < 4.78 is 2.19. The SMILES string of the molecule is CCCC1CCC(C(NC)c2ccnn2CCC)CC1. The Morgan fingerprint density at radius 3 is 2.60 bits per heavy atom. The van der Waals surface area contributed by atoms with Crippen LogP contribution in [0.2, 0.25) is 0 Å². The maximum Gasteiger partial charge on any atom is 0.0556 e. The zero-order valence-corrected chi connectivity index (χ0v) is 13.4. The fourth-order valence-electron chi connectivity index (χ4n) is 3.85. The molecule has 3 nitrogen and oxygen atoms in total. The van der Waals surface area contributed by atoms with Crippen molar-refractivity contribution in [2.24, 2.45) is 11.8 Å². The zero-order chi connectivity index (χ0) is 14.4. The van der Waals surface area contributed by atoms with Crippen molar-refractivity contribution in [3.63, 3.8) is 0 Å². The van der Waals surface area contributed by atoms with Gasteiger partial charge in [0.05, 0.1) is 11.7 Å². The maximum atomic E-state index is 4.49. The van der Waals surface area contributed by atoms with E-state index in [0.717, 1.165) is 24.8 Å². The van der Waals surface area contributed by atoms with E-state index >= 15 is 0 Å². The first-order valence-corrected chi connectivity index (χ1v) is 8.49. The summed E-state index contributed by atoms with van der Waals surface area (Å²) in [4.78, 5) is 0. The summed E-state index contributed by atoms with van der Waals surface area (Å²) in [6, 6.07) is 2.68. The van der Waals surface area contributed by atoms with Crippen LogP contribution < -0.4 is 5.32 Å². The molecule has 0 saturated heterocycles. The van der Waals surface area contributed by atoms with Crippen molar-refractivity contribution in [1.29, 1.82) is 0 Å². The molecule has 0 bridgehead atoms. The summed E-state index contributed by atoms with van der Waals surface area (Å²) in [6.07, 6.45) is 11.4. The fourth-order valence-corrected chi connectivity index (χ4v) is 3.85. The smallest absolute Gasteiger partial charge is 0.0556 e. The monoisotopic (exact) mass is 277 g/mol. The first kappa shape index (κ1) is 15.6. The molecule has 2 rings (SSSR count). The number of nitrogens with zero attached hydrogens (tertiary/aromatic N) is 2. The van der Waals surface area contributed by atoms with Crippen molar-refractivity contribution in [2.75, 3.05) is 7.05 Å². The molecule has 114 valence electrons. The van der Waals surface area contributed by atoms with Crippen LogP contribution in [-0.4, -0.2) is 16.8 Å². The molecule has 0 aromatic carbocycles. The second kappa shape index (κ2) is 7.82. The molecule has 1 aromatic heterocycles. The molecule has 1 aliphatic carbocycles. The van der Waals surface area contributed by atoms with Gasteiger partial charge in [0.1, 0.15) is 0 Å². The minimum absolute atomic E-state index is 0.478. The first-order chi connectivity index (χ1) is 9.80. The zero-order valence-electron chi connectivity index (χ0n) is 13.4. The molecule has 0 amide bonds. The van der Waals surface area contributed by atoms with E-state index in [1.54, 1.807) is 0 Å². The molecule has 1 aromatic rings. The van der Waals surface area contributed by atoms with E-state index in [0.29, 0.717) is 6.04 Å². The number of aryl methyl sites for hydroxylation is 1. The number of aromatic nitrogens is 2. The molecule has 1 unspecified atom stereocenters. The lowest BCUT2D eigenvalue weighted by atomic mass is 9.76. The first-order valence-electron chi connectivity index (χ1n) is 8.49. The predicted octanol–water partition coefficient (Wildman–Crippen LogP) is 4.16. The van der Waals surface area contributed by atoms with Gasteiger partial charge in [-0.25, -0.2) is 0 Å². The van der Waals surface area contributed by atoms with Crippen molar-refractivity contribution in [2.45, 2.75) is 71.4 Å². The molecular weight excluding hydrogens is 246 g/mol. The number of rotatable bonds is 7. The van der Waals surface area contributed by atoms with Crippen LogP contribution in [0.1, 0.15) is 70.5 Å².